The van der Waals surface area contributed by atoms with E-state index in [0.29, 0.717) is 5.95 Å². The summed E-state index contributed by atoms with van der Waals surface area (Å²) in [6.45, 7) is 10.3. The highest BCUT2D eigenvalue weighted by molar-refractivity contribution is 5.65. The number of nitrogens with one attached hydrogen (secondary N) is 2. The molecule has 0 fully saturated rings. The zero-order chi connectivity index (χ0) is 20.6. The summed E-state index contributed by atoms with van der Waals surface area (Å²) >= 11 is 0. The molecule has 29 heavy (non-hydrogen) atoms. The number of hydrogen-bond acceptors (Lipinski definition) is 6. The molecule has 0 aliphatic rings. The van der Waals surface area contributed by atoms with Gasteiger partial charge in [-0.1, -0.05) is 12.1 Å². The van der Waals surface area contributed by atoms with E-state index in [1.54, 1.807) is 6.20 Å². The number of anilines is 5. The van der Waals surface area contributed by atoms with Crippen LogP contribution in [-0.4, -0.2) is 29.2 Å². The fraction of sp³-hybridized carbons (Fsp3) is 0.304. The largest absolute Gasteiger partial charge is 0.489 e. The lowest BCUT2D eigenvalue weighted by atomic mass is 10.2. The highest BCUT2D eigenvalue weighted by Crippen LogP contribution is 2.27. The molecule has 0 saturated heterocycles. The van der Waals surface area contributed by atoms with Crippen LogP contribution in [0.4, 0.5) is 28.8 Å². The van der Waals surface area contributed by atoms with E-state index < -0.39 is 0 Å². The second-order valence-electron chi connectivity index (χ2n) is 6.90. The van der Waals surface area contributed by atoms with Crippen molar-refractivity contribution >= 4 is 28.8 Å². The standard InChI is InChI=1S/C23H29N5O/c1-5-28(6-2)19-13-11-18(12-14-19)25-22-15-16-24-23(27-22)26-20-9-7-8-10-21(20)29-17(3)4/h7-17H,5-6H2,1-4H3,(H2,24,25,26,27). The Kier molecular flexibility index (Phi) is 6.89. The summed E-state index contributed by atoms with van der Waals surface area (Å²) in [6, 6.07) is 18.0. The second-order valence-corrected chi connectivity index (χ2v) is 6.90. The smallest absolute Gasteiger partial charge is 0.229 e. The van der Waals surface area contributed by atoms with Crippen LogP contribution in [0.1, 0.15) is 27.7 Å². The van der Waals surface area contributed by atoms with Gasteiger partial charge >= 0.3 is 0 Å². The normalized spacial score (nSPS) is 10.7. The van der Waals surface area contributed by atoms with Crippen molar-refractivity contribution < 1.29 is 4.74 Å². The van der Waals surface area contributed by atoms with Gasteiger partial charge in [-0.15, -0.1) is 0 Å². The molecule has 0 bridgehead atoms. The molecule has 1 heterocycles. The molecule has 0 radical (unpaired) electrons. The summed E-state index contributed by atoms with van der Waals surface area (Å²) in [7, 11) is 0. The van der Waals surface area contributed by atoms with Crippen LogP contribution < -0.4 is 20.3 Å². The number of hydrogen-bond donors (Lipinski definition) is 2. The molecule has 6 nitrogen and oxygen atoms in total. The molecule has 0 aliphatic heterocycles. The summed E-state index contributed by atoms with van der Waals surface area (Å²) in [5.41, 5.74) is 3.03. The van der Waals surface area contributed by atoms with Crippen LogP contribution >= 0.6 is 0 Å². The highest BCUT2D eigenvalue weighted by Gasteiger charge is 2.08. The molecule has 2 N–H and O–H groups in total. The van der Waals surface area contributed by atoms with E-state index in [1.165, 1.54) is 5.69 Å². The Bertz CT molecular complexity index is 907. The van der Waals surface area contributed by atoms with Gasteiger partial charge in [-0.05, 0) is 70.2 Å². The number of rotatable bonds is 9. The van der Waals surface area contributed by atoms with E-state index in [4.69, 9.17) is 4.74 Å². The quantitative estimate of drug-likeness (QED) is 0.495. The molecule has 0 atom stereocenters. The van der Waals surface area contributed by atoms with Gasteiger partial charge in [0.05, 0.1) is 11.8 Å². The van der Waals surface area contributed by atoms with Crippen LogP contribution in [0.3, 0.4) is 0 Å². The zero-order valence-corrected chi connectivity index (χ0v) is 17.5. The Labute approximate surface area is 173 Å². The summed E-state index contributed by atoms with van der Waals surface area (Å²) in [5.74, 6) is 2.01. The Morgan fingerprint density at radius 2 is 1.66 bits per heavy atom. The lowest BCUT2D eigenvalue weighted by Crippen LogP contribution is -2.21. The molecule has 0 unspecified atom stereocenters. The van der Waals surface area contributed by atoms with Gasteiger partial charge in [0.1, 0.15) is 11.6 Å². The minimum atomic E-state index is 0.0891. The number of ether oxygens (including phenoxy) is 1. The minimum absolute atomic E-state index is 0.0891. The third-order valence-corrected chi connectivity index (χ3v) is 4.42. The van der Waals surface area contributed by atoms with Crippen LogP contribution in [0.25, 0.3) is 0 Å². The molecule has 2 aromatic carbocycles. The molecule has 0 spiro atoms. The van der Waals surface area contributed by atoms with Crippen molar-refractivity contribution in [2.45, 2.75) is 33.8 Å². The van der Waals surface area contributed by atoms with Gasteiger partial charge < -0.3 is 20.3 Å². The maximum atomic E-state index is 5.85. The van der Waals surface area contributed by atoms with Crippen molar-refractivity contribution in [2.24, 2.45) is 0 Å². The summed E-state index contributed by atoms with van der Waals surface area (Å²) in [6.07, 6.45) is 1.82. The van der Waals surface area contributed by atoms with Crippen molar-refractivity contribution in [1.82, 2.24) is 9.97 Å². The average molecular weight is 392 g/mol. The molecule has 0 aliphatic carbocycles. The second kappa shape index (κ2) is 9.78. The molecular weight excluding hydrogens is 362 g/mol. The first-order chi connectivity index (χ1) is 14.1. The van der Waals surface area contributed by atoms with E-state index in [0.717, 1.165) is 36.0 Å². The predicted octanol–water partition coefficient (Wildman–Crippen LogP) is 5.60. The van der Waals surface area contributed by atoms with Crippen LogP contribution in [0.2, 0.25) is 0 Å². The van der Waals surface area contributed by atoms with Crippen molar-refractivity contribution in [1.29, 1.82) is 0 Å². The maximum absolute atomic E-state index is 5.85. The van der Waals surface area contributed by atoms with Gasteiger partial charge in [0.2, 0.25) is 5.95 Å². The zero-order valence-electron chi connectivity index (χ0n) is 17.5. The van der Waals surface area contributed by atoms with Crippen molar-refractivity contribution in [2.75, 3.05) is 28.6 Å². The Morgan fingerprint density at radius 3 is 2.34 bits per heavy atom. The highest BCUT2D eigenvalue weighted by atomic mass is 16.5. The van der Waals surface area contributed by atoms with Crippen molar-refractivity contribution in [3.63, 3.8) is 0 Å². The molecular formula is C23H29N5O. The molecule has 1 aromatic heterocycles. The molecule has 0 saturated carbocycles. The van der Waals surface area contributed by atoms with Gasteiger partial charge in [-0.25, -0.2) is 4.98 Å². The van der Waals surface area contributed by atoms with Crippen molar-refractivity contribution in [3.05, 3.63) is 60.8 Å². The van der Waals surface area contributed by atoms with Gasteiger partial charge in [-0.3, -0.25) is 0 Å². The van der Waals surface area contributed by atoms with Crippen LogP contribution in [0.5, 0.6) is 5.75 Å². The number of benzene rings is 2. The van der Waals surface area contributed by atoms with Crippen LogP contribution in [-0.2, 0) is 0 Å². The van der Waals surface area contributed by atoms with Crippen LogP contribution in [0, 0.1) is 0 Å². The van der Waals surface area contributed by atoms with Crippen molar-refractivity contribution in [3.8, 4) is 5.75 Å². The third kappa shape index (κ3) is 5.60. The topological polar surface area (TPSA) is 62.3 Å². The molecule has 3 rings (SSSR count). The number of para-hydroxylation sites is 2. The van der Waals surface area contributed by atoms with E-state index in [2.05, 4.69) is 63.6 Å². The summed E-state index contributed by atoms with van der Waals surface area (Å²) < 4.78 is 5.85. The van der Waals surface area contributed by atoms with Gasteiger partial charge in [0, 0.05) is 30.7 Å². The molecule has 6 heteroatoms. The Hall–Kier alpha value is -3.28. The maximum Gasteiger partial charge on any atom is 0.229 e. The fourth-order valence-corrected chi connectivity index (χ4v) is 3.03. The van der Waals surface area contributed by atoms with Crippen LogP contribution in [0.15, 0.2) is 60.8 Å². The van der Waals surface area contributed by atoms with E-state index in [9.17, 15) is 0 Å². The first-order valence-corrected chi connectivity index (χ1v) is 10.1. The Morgan fingerprint density at radius 1 is 0.931 bits per heavy atom. The first kappa shape index (κ1) is 20.5. The Balaban J connectivity index is 1.72. The third-order valence-electron chi connectivity index (χ3n) is 4.42. The van der Waals surface area contributed by atoms with E-state index in [-0.39, 0.29) is 6.10 Å². The van der Waals surface area contributed by atoms with E-state index >= 15 is 0 Å². The summed E-state index contributed by atoms with van der Waals surface area (Å²) in [4.78, 5) is 11.2. The number of aromatic nitrogens is 2. The molecule has 0 amide bonds. The predicted molar refractivity (Wildman–Crippen MR) is 121 cm³/mol. The minimum Gasteiger partial charge on any atom is -0.489 e. The van der Waals surface area contributed by atoms with Gasteiger partial charge in [0.15, 0.2) is 0 Å². The van der Waals surface area contributed by atoms with E-state index in [1.807, 2.05) is 44.2 Å². The number of nitrogens with zero attached hydrogens (tertiary/aromatic N) is 3. The molecule has 3 aromatic rings. The van der Waals surface area contributed by atoms with Gasteiger partial charge in [0.25, 0.3) is 0 Å². The van der Waals surface area contributed by atoms with Gasteiger partial charge in [-0.2, -0.15) is 4.98 Å². The lowest BCUT2D eigenvalue weighted by Gasteiger charge is -2.21. The average Bonchev–Trinajstić information content (AvgIpc) is 2.72. The SMILES string of the molecule is CCN(CC)c1ccc(Nc2ccnc(Nc3ccccc3OC(C)C)n2)cc1. The molecule has 152 valence electrons. The monoisotopic (exact) mass is 391 g/mol. The fourth-order valence-electron chi connectivity index (χ4n) is 3.03. The summed E-state index contributed by atoms with van der Waals surface area (Å²) in [5, 5.41) is 6.59. The lowest BCUT2D eigenvalue weighted by molar-refractivity contribution is 0.244. The first-order valence-electron chi connectivity index (χ1n) is 10.1.